The number of aliphatic hydroxyl groups excluding tert-OH is 1. The minimum atomic E-state index is -0.697. The molecule has 0 aromatic heterocycles. The van der Waals surface area contributed by atoms with E-state index in [1.54, 1.807) is 4.90 Å². The topological polar surface area (TPSA) is 98.9 Å². The standard InChI is InChI=1S/C14H28N4O3/c1-5-9(2)12(16-14(15)21)13(20)18-8-11(19)6-10(18)7-17(3)4/h9-12,19H,5-8H2,1-4H3,(H3,15,16,21). The molecule has 21 heavy (non-hydrogen) atoms. The van der Waals surface area contributed by atoms with Crippen LogP contribution in [0.15, 0.2) is 0 Å². The Morgan fingerprint density at radius 1 is 1.48 bits per heavy atom. The number of nitrogens with one attached hydrogen (secondary N) is 1. The minimum Gasteiger partial charge on any atom is -0.391 e. The number of aliphatic hydroxyl groups is 1. The third-order valence-corrected chi connectivity index (χ3v) is 4.03. The maximum atomic E-state index is 12.7. The summed E-state index contributed by atoms with van der Waals surface area (Å²) in [7, 11) is 3.86. The predicted molar refractivity (Wildman–Crippen MR) is 80.6 cm³/mol. The van der Waals surface area contributed by atoms with Crippen LogP contribution in [0.4, 0.5) is 4.79 Å². The van der Waals surface area contributed by atoms with E-state index in [0.29, 0.717) is 19.5 Å². The molecular weight excluding hydrogens is 272 g/mol. The number of carbonyl (C=O) groups excluding carboxylic acids is 2. The molecule has 7 heteroatoms. The van der Waals surface area contributed by atoms with E-state index in [4.69, 9.17) is 5.73 Å². The zero-order valence-electron chi connectivity index (χ0n) is 13.4. The van der Waals surface area contributed by atoms with Crippen LogP contribution in [0.25, 0.3) is 0 Å². The number of nitrogens with two attached hydrogens (primary N) is 1. The third kappa shape index (κ3) is 4.86. The smallest absolute Gasteiger partial charge is 0.312 e. The van der Waals surface area contributed by atoms with Crippen molar-refractivity contribution in [2.24, 2.45) is 11.7 Å². The van der Waals surface area contributed by atoms with E-state index in [-0.39, 0.29) is 17.9 Å². The average molecular weight is 300 g/mol. The SMILES string of the molecule is CCC(C)C(NC(N)=O)C(=O)N1CC(O)CC1CN(C)C. The number of urea groups is 1. The summed E-state index contributed by atoms with van der Waals surface area (Å²) in [6.07, 6.45) is 0.809. The van der Waals surface area contributed by atoms with Crippen LogP contribution >= 0.6 is 0 Å². The van der Waals surface area contributed by atoms with Crippen LogP contribution in [0.5, 0.6) is 0 Å². The molecule has 3 amide bonds. The molecule has 0 aromatic rings. The van der Waals surface area contributed by atoms with E-state index >= 15 is 0 Å². The van der Waals surface area contributed by atoms with Gasteiger partial charge in [0.15, 0.2) is 0 Å². The van der Waals surface area contributed by atoms with Crippen LogP contribution in [0.3, 0.4) is 0 Å². The molecule has 1 aliphatic heterocycles. The number of likely N-dealkylation sites (tertiary alicyclic amines) is 1. The van der Waals surface area contributed by atoms with Gasteiger partial charge in [-0.2, -0.15) is 0 Å². The molecular formula is C14H28N4O3. The summed E-state index contributed by atoms with van der Waals surface area (Å²) >= 11 is 0. The average Bonchev–Trinajstić information content (AvgIpc) is 2.74. The first kappa shape index (κ1) is 17.7. The summed E-state index contributed by atoms with van der Waals surface area (Å²) in [6, 6.07) is -1.37. The van der Waals surface area contributed by atoms with Gasteiger partial charge >= 0.3 is 6.03 Å². The molecule has 4 unspecified atom stereocenters. The highest BCUT2D eigenvalue weighted by Gasteiger charge is 2.39. The van der Waals surface area contributed by atoms with E-state index in [1.165, 1.54) is 0 Å². The zero-order chi connectivity index (χ0) is 16.2. The lowest BCUT2D eigenvalue weighted by molar-refractivity contribution is -0.135. The highest BCUT2D eigenvalue weighted by molar-refractivity contribution is 5.87. The van der Waals surface area contributed by atoms with Gasteiger partial charge in [0.05, 0.1) is 6.10 Å². The lowest BCUT2D eigenvalue weighted by Crippen LogP contribution is -2.55. The van der Waals surface area contributed by atoms with Crippen molar-refractivity contribution in [1.82, 2.24) is 15.1 Å². The molecule has 0 aliphatic carbocycles. The van der Waals surface area contributed by atoms with Crippen molar-refractivity contribution < 1.29 is 14.7 Å². The fourth-order valence-electron chi connectivity index (χ4n) is 2.77. The number of likely N-dealkylation sites (N-methyl/N-ethyl adjacent to an activating group) is 1. The van der Waals surface area contributed by atoms with E-state index in [0.717, 1.165) is 6.42 Å². The molecule has 0 bridgehead atoms. The molecule has 0 radical (unpaired) electrons. The van der Waals surface area contributed by atoms with Crippen LogP contribution in [0.2, 0.25) is 0 Å². The Morgan fingerprint density at radius 3 is 2.57 bits per heavy atom. The van der Waals surface area contributed by atoms with Crippen LogP contribution in [-0.2, 0) is 4.79 Å². The molecule has 7 nitrogen and oxygen atoms in total. The molecule has 1 rings (SSSR count). The number of nitrogens with zero attached hydrogens (tertiary/aromatic N) is 2. The van der Waals surface area contributed by atoms with Crippen LogP contribution in [0.1, 0.15) is 26.7 Å². The number of rotatable bonds is 6. The lowest BCUT2D eigenvalue weighted by Gasteiger charge is -2.32. The normalized spacial score (nSPS) is 25.0. The van der Waals surface area contributed by atoms with Gasteiger partial charge < -0.3 is 26.0 Å². The second-order valence-electron chi connectivity index (χ2n) is 6.17. The fourth-order valence-corrected chi connectivity index (χ4v) is 2.77. The zero-order valence-corrected chi connectivity index (χ0v) is 13.4. The highest BCUT2D eigenvalue weighted by Crippen LogP contribution is 2.22. The maximum Gasteiger partial charge on any atom is 0.312 e. The second-order valence-corrected chi connectivity index (χ2v) is 6.17. The van der Waals surface area contributed by atoms with Crippen molar-refractivity contribution in [3.05, 3.63) is 0 Å². The number of carbonyl (C=O) groups is 2. The van der Waals surface area contributed by atoms with Crippen molar-refractivity contribution in [2.45, 2.75) is 44.9 Å². The summed E-state index contributed by atoms with van der Waals surface area (Å²) in [6.45, 7) is 4.87. The quantitative estimate of drug-likeness (QED) is 0.621. The third-order valence-electron chi connectivity index (χ3n) is 4.03. The monoisotopic (exact) mass is 300 g/mol. The van der Waals surface area contributed by atoms with Crippen LogP contribution in [0, 0.1) is 5.92 Å². The number of hydrogen-bond acceptors (Lipinski definition) is 4. The summed E-state index contributed by atoms with van der Waals surface area (Å²) in [5.74, 6) is -0.172. The molecule has 1 aliphatic rings. The first-order valence-electron chi connectivity index (χ1n) is 7.45. The van der Waals surface area contributed by atoms with Gasteiger partial charge in [-0.3, -0.25) is 4.79 Å². The molecule has 1 saturated heterocycles. The Morgan fingerprint density at radius 2 is 2.10 bits per heavy atom. The van der Waals surface area contributed by atoms with E-state index in [1.807, 2.05) is 32.8 Å². The summed E-state index contributed by atoms with van der Waals surface area (Å²) in [5, 5.41) is 12.4. The molecule has 0 saturated carbocycles. The number of β-amino-alcohol motifs (C(OH)–C–C–N with tert-alkyl or cyclic N) is 1. The molecule has 0 spiro atoms. The first-order chi connectivity index (χ1) is 9.76. The van der Waals surface area contributed by atoms with Crippen molar-refractivity contribution in [3.8, 4) is 0 Å². The Labute approximate surface area is 126 Å². The van der Waals surface area contributed by atoms with E-state index < -0.39 is 18.2 Å². The van der Waals surface area contributed by atoms with Gasteiger partial charge in [0.25, 0.3) is 0 Å². The molecule has 4 atom stereocenters. The maximum absolute atomic E-state index is 12.7. The van der Waals surface area contributed by atoms with Crippen LogP contribution < -0.4 is 11.1 Å². The molecule has 4 N–H and O–H groups in total. The number of amides is 3. The predicted octanol–water partition coefficient (Wildman–Crippen LogP) is -0.407. The Hall–Kier alpha value is -1.34. The first-order valence-corrected chi connectivity index (χ1v) is 7.45. The number of primary amides is 1. The fraction of sp³-hybridized carbons (Fsp3) is 0.857. The van der Waals surface area contributed by atoms with Gasteiger partial charge in [0.2, 0.25) is 5.91 Å². The van der Waals surface area contributed by atoms with Gasteiger partial charge in [0.1, 0.15) is 6.04 Å². The van der Waals surface area contributed by atoms with Crippen molar-refractivity contribution in [2.75, 3.05) is 27.2 Å². The second kappa shape index (κ2) is 7.61. The molecule has 122 valence electrons. The van der Waals surface area contributed by atoms with Gasteiger partial charge in [-0.05, 0) is 26.4 Å². The Kier molecular flexibility index (Phi) is 6.42. The van der Waals surface area contributed by atoms with Crippen molar-refractivity contribution in [3.63, 3.8) is 0 Å². The molecule has 0 aromatic carbocycles. The molecule has 1 fully saturated rings. The highest BCUT2D eigenvalue weighted by atomic mass is 16.3. The largest absolute Gasteiger partial charge is 0.391 e. The van der Waals surface area contributed by atoms with E-state index in [9.17, 15) is 14.7 Å². The van der Waals surface area contributed by atoms with E-state index in [2.05, 4.69) is 5.32 Å². The minimum absolute atomic E-state index is 0.0113. The Bertz CT molecular complexity index is 375. The summed E-state index contributed by atoms with van der Waals surface area (Å²) in [5.41, 5.74) is 5.19. The van der Waals surface area contributed by atoms with Crippen molar-refractivity contribution in [1.29, 1.82) is 0 Å². The molecule has 1 heterocycles. The lowest BCUT2D eigenvalue weighted by atomic mass is 9.97. The van der Waals surface area contributed by atoms with Gasteiger partial charge in [-0.25, -0.2) is 4.79 Å². The summed E-state index contributed by atoms with van der Waals surface area (Å²) < 4.78 is 0. The summed E-state index contributed by atoms with van der Waals surface area (Å²) in [4.78, 5) is 27.6. The Balaban J connectivity index is 2.87. The van der Waals surface area contributed by atoms with Gasteiger partial charge in [0, 0.05) is 19.1 Å². The van der Waals surface area contributed by atoms with Crippen LogP contribution in [-0.4, -0.2) is 72.2 Å². The van der Waals surface area contributed by atoms with Gasteiger partial charge in [-0.15, -0.1) is 0 Å². The van der Waals surface area contributed by atoms with Crippen molar-refractivity contribution >= 4 is 11.9 Å². The van der Waals surface area contributed by atoms with Gasteiger partial charge in [-0.1, -0.05) is 20.3 Å². The number of hydrogen-bond donors (Lipinski definition) is 3.